The molecule has 0 N–H and O–H groups in total. The topological polar surface area (TPSA) is 78.9 Å². The first-order valence-corrected chi connectivity index (χ1v) is 9.29. The highest BCUT2D eigenvalue weighted by molar-refractivity contribution is 5.98. The second-order valence-corrected chi connectivity index (χ2v) is 7.16. The lowest BCUT2D eigenvalue weighted by Gasteiger charge is -2.23. The van der Waals surface area contributed by atoms with E-state index >= 15 is 0 Å². The fourth-order valence-corrected chi connectivity index (χ4v) is 3.19. The Bertz CT molecular complexity index is 674. The van der Waals surface area contributed by atoms with Crippen molar-refractivity contribution in [3.05, 3.63) is 36.0 Å². The van der Waals surface area contributed by atoms with Crippen LogP contribution in [0.3, 0.4) is 0 Å². The van der Waals surface area contributed by atoms with Crippen LogP contribution in [-0.4, -0.2) is 43.6 Å². The number of carbonyl (C=O) groups excluding carboxylic acids is 3. The van der Waals surface area contributed by atoms with Gasteiger partial charge in [0.05, 0.1) is 12.0 Å². The number of rotatable bonds is 5. The van der Waals surface area contributed by atoms with Gasteiger partial charge >= 0.3 is 11.9 Å². The molecule has 148 valence electrons. The predicted octanol–water partition coefficient (Wildman–Crippen LogP) is 2.92. The van der Waals surface area contributed by atoms with Gasteiger partial charge in [0, 0.05) is 30.6 Å². The molecule has 0 unspecified atom stereocenters. The lowest BCUT2D eigenvalue weighted by atomic mass is 9.85. The van der Waals surface area contributed by atoms with Crippen molar-refractivity contribution in [2.45, 2.75) is 51.7 Å². The number of methoxy groups -OCH3 is 1. The van der Waals surface area contributed by atoms with E-state index in [-0.39, 0.29) is 36.3 Å². The summed E-state index contributed by atoms with van der Waals surface area (Å²) in [6, 6.07) is 0. The molecule has 27 heavy (non-hydrogen) atoms. The molecule has 0 aromatic rings. The zero-order valence-electron chi connectivity index (χ0n) is 16.3. The summed E-state index contributed by atoms with van der Waals surface area (Å²) in [4.78, 5) is 36.5. The molecule has 1 heterocycles. The third-order valence-corrected chi connectivity index (χ3v) is 5.33. The van der Waals surface area contributed by atoms with E-state index in [0.717, 1.165) is 5.57 Å². The number of ether oxygens (including phenoxy) is 3. The maximum atomic E-state index is 12.5. The number of carbonyl (C=O) groups is 3. The van der Waals surface area contributed by atoms with E-state index < -0.39 is 24.1 Å². The van der Waals surface area contributed by atoms with Crippen LogP contribution >= 0.6 is 0 Å². The Morgan fingerprint density at radius 1 is 1.33 bits per heavy atom. The zero-order valence-corrected chi connectivity index (χ0v) is 16.3. The van der Waals surface area contributed by atoms with Gasteiger partial charge in [0.25, 0.3) is 0 Å². The molecule has 0 saturated carbocycles. The summed E-state index contributed by atoms with van der Waals surface area (Å²) in [5, 5.41) is 0. The Morgan fingerprint density at radius 2 is 2.04 bits per heavy atom. The van der Waals surface area contributed by atoms with Crippen molar-refractivity contribution in [3.8, 4) is 0 Å². The summed E-state index contributed by atoms with van der Waals surface area (Å²) in [5.41, 5.74) is 1.48. The fourth-order valence-electron chi connectivity index (χ4n) is 3.19. The van der Waals surface area contributed by atoms with Gasteiger partial charge in [0.1, 0.15) is 12.7 Å². The van der Waals surface area contributed by atoms with E-state index in [1.807, 2.05) is 13.8 Å². The normalized spacial score (nSPS) is 29.4. The monoisotopic (exact) mass is 376 g/mol. The van der Waals surface area contributed by atoms with Gasteiger partial charge in [-0.2, -0.15) is 0 Å². The summed E-state index contributed by atoms with van der Waals surface area (Å²) in [6.45, 7) is 11.5. The van der Waals surface area contributed by atoms with Crippen LogP contribution in [0.4, 0.5) is 0 Å². The van der Waals surface area contributed by atoms with Crippen LogP contribution in [0.2, 0.25) is 0 Å². The van der Waals surface area contributed by atoms with Crippen LogP contribution in [0, 0.1) is 11.8 Å². The molecule has 1 saturated heterocycles. The zero-order chi connectivity index (χ0) is 20.1. The molecular formula is C21H28O6. The third-order valence-electron chi connectivity index (χ3n) is 5.33. The molecule has 6 heteroatoms. The van der Waals surface area contributed by atoms with E-state index in [9.17, 15) is 14.4 Å². The molecule has 0 aromatic carbocycles. The minimum atomic E-state index is -0.585. The standard InChI is InChI=1S/C21H28O6/c1-6-12(2)20(23)26-11-15-7-8-18(25-5)14(4)17(22)10-16-13(3)21(24)27-19(16)9-15/h9,12,16,18-19H,3-4,6-8,10-11H2,1-2,5H3/b15-9+/t12-,16-,18-,19+/m0/s1. The molecule has 6 nitrogen and oxygen atoms in total. The maximum absolute atomic E-state index is 12.5. The second kappa shape index (κ2) is 9.13. The Balaban J connectivity index is 2.26. The predicted molar refractivity (Wildman–Crippen MR) is 99.8 cm³/mol. The molecule has 4 atom stereocenters. The molecule has 2 rings (SSSR count). The molecule has 0 radical (unpaired) electrons. The van der Waals surface area contributed by atoms with E-state index in [4.69, 9.17) is 14.2 Å². The number of fused-ring (bicyclic) bond motifs is 1. The molecule has 0 spiro atoms. The van der Waals surface area contributed by atoms with Crippen molar-refractivity contribution >= 4 is 17.7 Å². The van der Waals surface area contributed by atoms with Gasteiger partial charge in [-0.15, -0.1) is 0 Å². The molecule has 1 fully saturated rings. The second-order valence-electron chi connectivity index (χ2n) is 7.16. The average molecular weight is 376 g/mol. The van der Waals surface area contributed by atoms with Crippen molar-refractivity contribution < 1.29 is 28.6 Å². The highest BCUT2D eigenvalue weighted by atomic mass is 16.6. The van der Waals surface area contributed by atoms with Gasteiger partial charge in [0.2, 0.25) is 0 Å². The minimum Gasteiger partial charge on any atom is -0.461 e. The summed E-state index contributed by atoms with van der Waals surface area (Å²) in [6.07, 6.45) is 2.63. The summed E-state index contributed by atoms with van der Waals surface area (Å²) in [7, 11) is 1.53. The van der Waals surface area contributed by atoms with Gasteiger partial charge in [-0.1, -0.05) is 27.0 Å². The van der Waals surface area contributed by atoms with Crippen LogP contribution in [0.5, 0.6) is 0 Å². The maximum Gasteiger partial charge on any atom is 0.334 e. The van der Waals surface area contributed by atoms with E-state index in [0.29, 0.717) is 24.8 Å². The highest BCUT2D eigenvalue weighted by Crippen LogP contribution is 2.34. The first kappa shape index (κ1) is 21.1. The summed E-state index contributed by atoms with van der Waals surface area (Å²) < 4.78 is 16.2. The Morgan fingerprint density at radius 3 is 2.67 bits per heavy atom. The fraction of sp³-hybridized carbons (Fsp3) is 0.571. The molecule has 0 amide bonds. The van der Waals surface area contributed by atoms with Crippen molar-refractivity contribution in [3.63, 3.8) is 0 Å². The first-order valence-electron chi connectivity index (χ1n) is 9.29. The van der Waals surface area contributed by atoms with E-state index in [1.54, 1.807) is 6.08 Å². The SMILES string of the molecule is C=C1C(=O)C[C@H]2C(=C)C(=O)O[C@@H]2/C=C(/COC(=O)[C@@H](C)CC)CC[C@@H]1OC. The first-order chi connectivity index (χ1) is 12.8. The van der Waals surface area contributed by atoms with Gasteiger partial charge in [0.15, 0.2) is 5.78 Å². The van der Waals surface area contributed by atoms with Crippen molar-refractivity contribution in [1.82, 2.24) is 0 Å². The molecule has 1 aliphatic heterocycles. The van der Waals surface area contributed by atoms with E-state index in [2.05, 4.69) is 13.2 Å². The Kier molecular flexibility index (Phi) is 7.13. The Hall–Kier alpha value is -2.21. The van der Waals surface area contributed by atoms with E-state index in [1.165, 1.54) is 7.11 Å². The lowest BCUT2D eigenvalue weighted by molar-refractivity contribution is -0.147. The van der Waals surface area contributed by atoms with Crippen LogP contribution in [0.1, 0.15) is 39.5 Å². The van der Waals surface area contributed by atoms with Crippen LogP contribution in [0.15, 0.2) is 36.0 Å². The summed E-state index contributed by atoms with van der Waals surface area (Å²) in [5.74, 6) is -1.54. The molecular weight excluding hydrogens is 348 g/mol. The molecule has 0 bridgehead atoms. The van der Waals surface area contributed by atoms with Crippen molar-refractivity contribution in [2.24, 2.45) is 11.8 Å². The molecule has 0 aromatic heterocycles. The third kappa shape index (κ3) is 4.95. The molecule has 2 aliphatic rings. The van der Waals surface area contributed by atoms with Crippen LogP contribution < -0.4 is 0 Å². The van der Waals surface area contributed by atoms with Crippen LogP contribution in [0.25, 0.3) is 0 Å². The lowest BCUT2D eigenvalue weighted by Crippen LogP contribution is -2.27. The average Bonchev–Trinajstić information content (AvgIpc) is 2.91. The van der Waals surface area contributed by atoms with Gasteiger partial charge in [-0.25, -0.2) is 4.79 Å². The van der Waals surface area contributed by atoms with Crippen LogP contribution in [-0.2, 0) is 28.6 Å². The molecule has 1 aliphatic carbocycles. The van der Waals surface area contributed by atoms with Crippen molar-refractivity contribution in [1.29, 1.82) is 0 Å². The number of hydrogen-bond acceptors (Lipinski definition) is 6. The number of hydrogen-bond donors (Lipinski definition) is 0. The number of ketones is 1. The number of esters is 2. The quantitative estimate of drug-likeness (QED) is 0.417. The largest absolute Gasteiger partial charge is 0.461 e. The number of Topliss-reactive ketones (excluding diaryl/α,β-unsaturated/α-hetero) is 1. The van der Waals surface area contributed by atoms with Gasteiger partial charge < -0.3 is 14.2 Å². The minimum absolute atomic E-state index is 0.0877. The summed E-state index contributed by atoms with van der Waals surface area (Å²) >= 11 is 0. The smallest absolute Gasteiger partial charge is 0.334 e. The van der Waals surface area contributed by atoms with Gasteiger partial charge in [-0.3, -0.25) is 9.59 Å². The van der Waals surface area contributed by atoms with Gasteiger partial charge in [-0.05, 0) is 30.9 Å². The van der Waals surface area contributed by atoms with Crippen molar-refractivity contribution in [2.75, 3.05) is 13.7 Å². The Labute approximate surface area is 160 Å². The highest BCUT2D eigenvalue weighted by Gasteiger charge is 2.40.